The lowest BCUT2D eigenvalue weighted by Gasteiger charge is -2.32. The maximum Gasteiger partial charge on any atom is 0.323 e. The molecule has 2 aromatic rings. The molecule has 0 saturated carbocycles. The number of piperidine rings is 1. The molecule has 3 aliphatic rings. The lowest BCUT2D eigenvalue weighted by molar-refractivity contribution is -0.139. The van der Waals surface area contributed by atoms with Crippen LogP contribution in [0.25, 0.3) is 0 Å². The topological polar surface area (TPSA) is 144 Å². The number of pyridine rings is 1. The van der Waals surface area contributed by atoms with Crippen LogP contribution in [0.5, 0.6) is 0 Å². The number of carbonyl (C=O) groups excluding carboxylic acids is 1. The number of rotatable bonds is 11. The van der Waals surface area contributed by atoms with Gasteiger partial charge in [-0.2, -0.15) is 4.72 Å². The van der Waals surface area contributed by atoms with Crippen molar-refractivity contribution in [2.24, 2.45) is 5.92 Å². The third-order valence-electron chi connectivity index (χ3n) is 8.31. The van der Waals surface area contributed by atoms with Gasteiger partial charge in [-0.25, -0.2) is 13.4 Å². The number of likely N-dealkylation sites (N-methyl/N-ethyl adjacent to an activating group) is 1. The number of sulfonamides is 1. The van der Waals surface area contributed by atoms with Gasteiger partial charge in [0.1, 0.15) is 11.9 Å². The van der Waals surface area contributed by atoms with Crippen molar-refractivity contribution < 1.29 is 23.1 Å². The Morgan fingerprint density at radius 1 is 1.15 bits per heavy atom. The SMILES string of the molecule is CN1CCc2ccc(S(=O)(=O)N[C@@H](CNC(=O)[C@@H]3CCCN(CCCc4ccc5c(n4)NCCC5)C3)C(=O)O)cc21. The first-order valence-electron chi connectivity index (χ1n) is 14.5. The lowest BCUT2D eigenvalue weighted by Crippen LogP contribution is -2.50. The number of hydrogen-bond donors (Lipinski definition) is 4. The molecule has 2 atom stereocenters. The van der Waals surface area contributed by atoms with Crippen LogP contribution in [-0.2, 0) is 38.9 Å². The van der Waals surface area contributed by atoms with Crippen LogP contribution in [0.4, 0.5) is 11.5 Å². The molecule has 0 spiro atoms. The average Bonchev–Trinajstić information content (AvgIpc) is 3.35. The molecule has 222 valence electrons. The summed E-state index contributed by atoms with van der Waals surface area (Å²) in [7, 11) is -2.21. The highest BCUT2D eigenvalue weighted by molar-refractivity contribution is 7.89. The number of fused-ring (bicyclic) bond motifs is 2. The Kier molecular flexibility index (Phi) is 9.10. The molecule has 4 heterocycles. The summed E-state index contributed by atoms with van der Waals surface area (Å²) in [6.07, 6.45) is 6.43. The van der Waals surface area contributed by atoms with Gasteiger partial charge in [0.25, 0.3) is 0 Å². The molecule has 0 aliphatic carbocycles. The Balaban J connectivity index is 1.10. The maximum absolute atomic E-state index is 13.0. The lowest BCUT2D eigenvalue weighted by atomic mass is 9.96. The Labute approximate surface area is 241 Å². The number of aromatic nitrogens is 1. The minimum absolute atomic E-state index is 0.00680. The van der Waals surface area contributed by atoms with Gasteiger partial charge in [-0.3, -0.25) is 9.59 Å². The van der Waals surface area contributed by atoms with E-state index < -0.39 is 22.0 Å². The molecule has 0 unspecified atom stereocenters. The van der Waals surface area contributed by atoms with E-state index in [0.29, 0.717) is 13.0 Å². The van der Waals surface area contributed by atoms with Gasteiger partial charge in [0.2, 0.25) is 15.9 Å². The molecule has 4 N–H and O–H groups in total. The van der Waals surface area contributed by atoms with Gasteiger partial charge in [0.15, 0.2) is 0 Å². The summed E-state index contributed by atoms with van der Waals surface area (Å²) in [5.74, 6) is -0.858. The fourth-order valence-corrected chi connectivity index (χ4v) is 7.14. The van der Waals surface area contributed by atoms with E-state index in [1.54, 1.807) is 12.1 Å². The highest BCUT2D eigenvalue weighted by Crippen LogP contribution is 2.29. The Morgan fingerprint density at radius 3 is 2.80 bits per heavy atom. The second-order valence-electron chi connectivity index (χ2n) is 11.3. The van der Waals surface area contributed by atoms with Gasteiger partial charge in [-0.15, -0.1) is 0 Å². The van der Waals surface area contributed by atoms with Gasteiger partial charge in [-0.1, -0.05) is 12.1 Å². The first-order valence-corrected chi connectivity index (χ1v) is 16.0. The van der Waals surface area contributed by atoms with E-state index in [-0.39, 0.29) is 23.3 Å². The number of nitrogens with zero attached hydrogens (tertiary/aromatic N) is 3. The number of carboxylic acids is 1. The summed E-state index contributed by atoms with van der Waals surface area (Å²) in [6.45, 7) is 3.80. The zero-order chi connectivity index (χ0) is 29.0. The molecule has 1 amide bonds. The molecule has 1 saturated heterocycles. The van der Waals surface area contributed by atoms with Crippen LogP contribution in [0.3, 0.4) is 0 Å². The highest BCUT2D eigenvalue weighted by Gasteiger charge is 2.30. The number of carboxylic acid groups (broad SMARTS) is 1. The highest BCUT2D eigenvalue weighted by atomic mass is 32.2. The Bertz CT molecular complexity index is 1380. The summed E-state index contributed by atoms with van der Waals surface area (Å²) in [4.78, 5) is 33.9. The number of carbonyl (C=O) groups is 2. The van der Waals surface area contributed by atoms with E-state index in [2.05, 4.69) is 32.4 Å². The van der Waals surface area contributed by atoms with Gasteiger partial charge < -0.3 is 25.5 Å². The van der Waals surface area contributed by atoms with E-state index in [1.807, 2.05) is 11.9 Å². The molecule has 1 aromatic carbocycles. The second kappa shape index (κ2) is 12.7. The molecule has 0 bridgehead atoms. The van der Waals surface area contributed by atoms with Gasteiger partial charge in [0, 0.05) is 44.6 Å². The number of anilines is 2. The van der Waals surface area contributed by atoms with Gasteiger partial charge in [-0.05, 0) is 87.4 Å². The number of nitrogens with one attached hydrogen (secondary N) is 3. The maximum atomic E-state index is 13.0. The zero-order valence-corrected chi connectivity index (χ0v) is 24.4. The summed E-state index contributed by atoms with van der Waals surface area (Å²) >= 11 is 0. The van der Waals surface area contributed by atoms with Crippen LogP contribution >= 0.6 is 0 Å². The minimum atomic E-state index is -4.10. The van der Waals surface area contributed by atoms with Crippen molar-refractivity contribution in [2.45, 2.75) is 55.9 Å². The number of benzene rings is 1. The molecular weight excluding hydrogens is 544 g/mol. The number of amides is 1. The molecule has 1 fully saturated rings. The van der Waals surface area contributed by atoms with E-state index >= 15 is 0 Å². The molecule has 1 aromatic heterocycles. The van der Waals surface area contributed by atoms with Crippen molar-refractivity contribution in [2.75, 3.05) is 56.5 Å². The van der Waals surface area contributed by atoms with Crippen LogP contribution in [0, 0.1) is 5.92 Å². The monoisotopic (exact) mass is 584 g/mol. The van der Waals surface area contributed by atoms with Gasteiger partial charge >= 0.3 is 5.97 Å². The largest absolute Gasteiger partial charge is 0.480 e. The third kappa shape index (κ3) is 7.17. The first-order chi connectivity index (χ1) is 19.7. The number of aryl methyl sites for hydroxylation is 2. The van der Waals surface area contributed by atoms with Crippen molar-refractivity contribution in [1.29, 1.82) is 0 Å². The normalized spacial score (nSPS) is 19.6. The van der Waals surface area contributed by atoms with E-state index in [4.69, 9.17) is 4.98 Å². The van der Waals surface area contributed by atoms with E-state index in [9.17, 15) is 23.1 Å². The van der Waals surface area contributed by atoms with Crippen LogP contribution in [0.2, 0.25) is 0 Å². The molecule has 0 radical (unpaired) electrons. The first kappa shape index (κ1) is 29.3. The summed E-state index contributed by atoms with van der Waals surface area (Å²) in [5.41, 5.74) is 4.23. The van der Waals surface area contributed by atoms with Crippen molar-refractivity contribution >= 4 is 33.4 Å². The summed E-state index contributed by atoms with van der Waals surface area (Å²) < 4.78 is 28.3. The van der Waals surface area contributed by atoms with E-state index in [1.165, 1.54) is 11.6 Å². The Morgan fingerprint density at radius 2 is 1.98 bits per heavy atom. The van der Waals surface area contributed by atoms with Gasteiger partial charge in [0.05, 0.1) is 10.8 Å². The van der Waals surface area contributed by atoms with E-state index in [0.717, 1.165) is 87.5 Å². The second-order valence-corrected chi connectivity index (χ2v) is 13.0. The average molecular weight is 585 g/mol. The predicted molar refractivity (Wildman–Crippen MR) is 157 cm³/mol. The standard InChI is InChI=1S/C29H40N6O5S/c1-34-16-12-20-9-11-24(17-26(20)34)41(39,40)33-25(29(37)38)18-31-28(36)22-6-3-14-35(19-22)15-4-7-23-10-8-21-5-2-13-30-27(21)32-23/h8-11,17,22,25,33H,2-7,12-16,18-19H2,1H3,(H,30,32)(H,31,36)(H,37,38)/t22-,25+/m1/s1. The third-order valence-corrected chi connectivity index (χ3v) is 9.78. The fraction of sp³-hybridized carbons (Fsp3) is 0.552. The van der Waals surface area contributed by atoms with Crippen LogP contribution in [0.15, 0.2) is 35.2 Å². The quantitative estimate of drug-likeness (QED) is 0.310. The molecular formula is C29H40N6O5S. The summed E-state index contributed by atoms with van der Waals surface area (Å²) in [5, 5.41) is 15.8. The van der Waals surface area contributed by atoms with Crippen LogP contribution in [-0.4, -0.2) is 87.6 Å². The smallest absolute Gasteiger partial charge is 0.323 e. The van der Waals surface area contributed by atoms with Crippen molar-refractivity contribution in [3.8, 4) is 0 Å². The summed E-state index contributed by atoms with van der Waals surface area (Å²) in [6, 6.07) is 7.62. The number of likely N-dealkylation sites (tertiary alicyclic amines) is 1. The molecule has 11 nitrogen and oxygen atoms in total. The van der Waals surface area contributed by atoms with Crippen molar-refractivity contribution in [3.05, 3.63) is 47.2 Å². The minimum Gasteiger partial charge on any atom is -0.480 e. The van der Waals surface area contributed by atoms with Crippen LogP contribution < -0.4 is 20.3 Å². The van der Waals surface area contributed by atoms with Crippen LogP contribution in [0.1, 0.15) is 42.5 Å². The number of aliphatic carboxylic acids is 1. The number of hydrogen-bond acceptors (Lipinski definition) is 8. The molecule has 3 aliphatic heterocycles. The zero-order valence-electron chi connectivity index (χ0n) is 23.6. The predicted octanol–water partition coefficient (Wildman–Crippen LogP) is 1.62. The van der Waals surface area contributed by atoms with Crippen molar-refractivity contribution in [1.82, 2.24) is 19.9 Å². The molecule has 12 heteroatoms. The fourth-order valence-electron chi connectivity index (χ4n) is 5.93. The van der Waals surface area contributed by atoms with Crippen molar-refractivity contribution in [3.63, 3.8) is 0 Å². The molecule has 5 rings (SSSR count). The molecule has 41 heavy (non-hydrogen) atoms. The Hall–Kier alpha value is -3.22.